The number of alkyl halides is 6. The standard InChI is InChI=1S/C29H35F6N3O4/c1-19-3-4-20(12-26(19)39)11-24-16-36(5-6-37-9-10-42-25(17-37)18-41-2)7-8-38(24)27(40)21-13-22(28(30,31)32)15-23(14-21)29(33,34)35/h3-4,12-15,24-25,39H,5-11,16-18H2,1-2H3/t24?,25-/m0/s1. The maximum Gasteiger partial charge on any atom is 0.416 e. The van der Waals surface area contributed by atoms with Gasteiger partial charge in [0.1, 0.15) is 5.75 Å². The van der Waals surface area contributed by atoms with Crippen molar-refractivity contribution in [1.29, 1.82) is 0 Å². The van der Waals surface area contributed by atoms with Gasteiger partial charge < -0.3 is 19.5 Å². The van der Waals surface area contributed by atoms with Crippen molar-refractivity contribution in [2.45, 2.75) is 37.8 Å². The monoisotopic (exact) mass is 603 g/mol. The average Bonchev–Trinajstić information content (AvgIpc) is 2.93. The Morgan fingerprint density at radius 3 is 2.19 bits per heavy atom. The molecule has 2 heterocycles. The van der Waals surface area contributed by atoms with Gasteiger partial charge in [-0.1, -0.05) is 12.1 Å². The van der Waals surface area contributed by atoms with Crippen LogP contribution in [-0.2, 0) is 28.2 Å². The molecule has 0 aromatic heterocycles. The first-order chi connectivity index (χ1) is 19.7. The fourth-order valence-corrected chi connectivity index (χ4v) is 5.42. The van der Waals surface area contributed by atoms with Gasteiger partial charge in [-0.15, -0.1) is 0 Å². The van der Waals surface area contributed by atoms with E-state index in [2.05, 4.69) is 9.80 Å². The van der Waals surface area contributed by atoms with Gasteiger partial charge in [-0.2, -0.15) is 26.3 Å². The van der Waals surface area contributed by atoms with E-state index in [1.54, 1.807) is 32.2 Å². The van der Waals surface area contributed by atoms with Gasteiger partial charge in [0.25, 0.3) is 5.91 Å². The molecule has 0 spiro atoms. The predicted molar refractivity (Wildman–Crippen MR) is 142 cm³/mol. The molecule has 2 fully saturated rings. The number of phenols is 1. The summed E-state index contributed by atoms with van der Waals surface area (Å²) in [5.74, 6) is -0.841. The number of ether oxygens (including phenoxy) is 2. The number of aromatic hydroxyl groups is 1. The van der Waals surface area contributed by atoms with Crippen molar-refractivity contribution in [2.24, 2.45) is 0 Å². The molecular formula is C29H35F6N3O4. The number of aryl methyl sites for hydroxylation is 1. The summed E-state index contributed by atoms with van der Waals surface area (Å²) in [5, 5.41) is 10.2. The quantitative estimate of drug-likeness (QED) is 0.450. The molecule has 0 aliphatic carbocycles. The minimum Gasteiger partial charge on any atom is -0.508 e. The second-order valence-corrected chi connectivity index (χ2v) is 10.8. The first-order valence-electron chi connectivity index (χ1n) is 13.7. The number of benzene rings is 2. The molecule has 1 amide bonds. The third kappa shape index (κ3) is 8.15. The maximum absolute atomic E-state index is 13.6. The molecule has 0 saturated carbocycles. The number of hydrogen-bond acceptors (Lipinski definition) is 6. The van der Waals surface area contributed by atoms with Crippen LogP contribution >= 0.6 is 0 Å². The van der Waals surface area contributed by atoms with Crippen molar-refractivity contribution in [3.8, 4) is 5.75 Å². The van der Waals surface area contributed by atoms with Gasteiger partial charge in [0, 0.05) is 64.5 Å². The summed E-state index contributed by atoms with van der Waals surface area (Å²) in [4.78, 5) is 19.3. The van der Waals surface area contributed by atoms with Crippen molar-refractivity contribution in [2.75, 3.05) is 66.1 Å². The molecule has 2 aromatic carbocycles. The number of morpholine rings is 1. The summed E-state index contributed by atoms with van der Waals surface area (Å²) >= 11 is 0. The van der Waals surface area contributed by atoms with Crippen LogP contribution in [0.15, 0.2) is 36.4 Å². The zero-order valence-corrected chi connectivity index (χ0v) is 23.5. The molecule has 4 rings (SSSR count). The minimum absolute atomic E-state index is 0.0180. The number of rotatable bonds is 8. The van der Waals surface area contributed by atoms with E-state index in [9.17, 15) is 36.2 Å². The summed E-state index contributed by atoms with van der Waals surface area (Å²) in [6.45, 7) is 6.49. The van der Waals surface area contributed by atoms with Crippen LogP contribution in [0.4, 0.5) is 26.3 Å². The number of carbonyl (C=O) groups is 1. The fraction of sp³-hybridized carbons (Fsp3) is 0.552. The number of carbonyl (C=O) groups excluding carboxylic acids is 1. The van der Waals surface area contributed by atoms with Crippen molar-refractivity contribution < 1.29 is 45.7 Å². The van der Waals surface area contributed by atoms with E-state index in [0.29, 0.717) is 62.7 Å². The number of halogens is 6. The van der Waals surface area contributed by atoms with E-state index in [4.69, 9.17) is 9.47 Å². The summed E-state index contributed by atoms with van der Waals surface area (Å²) < 4.78 is 91.8. The number of methoxy groups -OCH3 is 1. The van der Waals surface area contributed by atoms with Gasteiger partial charge in [-0.05, 0) is 48.7 Å². The van der Waals surface area contributed by atoms with Gasteiger partial charge in [0.05, 0.1) is 30.4 Å². The lowest BCUT2D eigenvalue weighted by molar-refractivity contribution is -0.143. The normalized spacial score (nSPS) is 21.1. The number of amides is 1. The van der Waals surface area contributed by atoms with Crippen molar-refractivity contribution in [1.82, 2.24) is 14.7 Å². The second kappa shape index (κ2) is 13.2. The lowest BCUT2D eigenvalue weighted by atomic mass is 9.98. The lowest BCUT2D eigenvalue weighted by Crippen LogP contribution is -2.57. The molecule has 0 bridgehead atoms. The van der Waals surface area contributed by atoms with Crippen LogP contribution in [-0.4, -0.2) is 104 Å². The summed E-state index contributed by atoms with van der Waals surface area (Å²) in [6, 6.07) is 5.49. The molecule has 42 heavy (non-hydrogen) atoms. The van der Waals surface area contributed by atoms with Gasteiger partial charge in [-0.25, -0.2) is 0 Å². The van der Waals surface area contributed by atoms with Gasteiger partial charge in [0.2, 0.25) is 0 Å². The van der Waals surface area contributed by atoms with E-state index in [0.717, 1.165) is 13.1 Å². The molecule has 0 radical (unpaired) electrons. The van der Waals surface area contributed by atoms with E-state index < -0.39 is 41.0 Å². The Labute approximate surface area is 240 Å². The van der Waals surface area contributed by atoms with E-state index in [-0.39, 0.29) is 30.9 Å². The largest absolute Gasteiger partial charge is 0.508 e. The molecule has 13 heteroatoms. The molecular weight excluding hydrogens is 568 g/mol. The van der Waals surface area contributed by atoms with Crippen LogP contribution in [0, 0.1) is 6.92 Å². The molecule has 2 aliphatic rings. The Kier molecular flexibility index (Phi) is 10.1. The molecule has 7 nitrogen and oxygen atoms in total. The predicted octanol–water partition coefficient (Wildman–Crippen LogP) is 4.45. The zero-order chi connectivity index (χ0) is 30.7. The third-order valence-corrected chi connectivity index (χ3v) is 7.72. The van der Waals surface area contributed by atoms with Gasteiger partial charge in [0.15, 0.2) is 0 Å². The van der Waals surface area contributed by atoms with Crippen LogP contribution in [0.5, 0.6) is 5.75 Å². The van der Waals surface area contributed by atoms with Crippen molar-refractivity contribution in [3.05, 3.63) is 64.2 Å². The molecule has 2 aromatic rings. The van der Waals surface area contributed by atoms with Crippen LogP contribution < -0.4 is 0 Å². The lowest BCUT2D eigenvalue weighted by Gasteiger charge is -2.43. The maximum atomic E-state index is 13.6. The molecule has 1 N–H and O–H groups in total. The Hall–Kier alpha value is -2.87. The summed E-state index contributed by atoms with van der Waals surface area (Å²) in [7, 11) is 1.61. The number of hydrogen-bond donors (Lipinski definition) is 1. The number of phenolic OH excluding ortho intramolecular Hbond substituents is 1. The second-order valence-electron chi connectivity index (χ2n) is 10.8. The minimum atomic E-state index is -5.06. The number of nitrogens with zero attached hydrogens (tertiary/aromatic N) is 3. The Balaban J connectivity index is 1.56. The average molecular weight is 604 g/mol. The molecule has 2 atom stereocenters. The topological polar surface area (TPSA) is 65.5 Å². The first kappa shape index (κ1) is 32.1. The zero-order valence-electron chi connectivity index (χ0n) is 23.5. The van der Waals surface area contributed by atoms with Crippen molar-refractivity contribution >= 4 is 5.91 Å². The Bertz CT molecular complexity index is 1200. The highest BCUT2D eigenvalue weighted by Gasteiger charge is 2.39. The SMILES string of the molecule is COC[C@@H]1CN(CCN2CCN(C(=O)c3cc(C(F)(F)F)cc(C(F)(F)F)c3)C(Cc3ccc(C)c(O)c3)C2)CCO1. The Morgan fingerprint density at radius 2 is 1.60 bits per heavy atom. The molecule has 232 valence electrons. The molecule has 2 aliphatic heterocycles. The summed E-state index contributed by atoms with van der Waals surface area (Å²) in [6.07, 6.45) is -9.89. The highest BCUT2D eigenvalue weighted by atomic mass is 19.4. The highest BCUT2D eigenvalue weighted by Crippen LogP contribution is 2.37. The summed E-state index contributed by atoms with van der Waals surface area (Å²) in [5.41, 5.74) is -2.38. The first-order valence-corrected chi connectivity index (χ1v) is 13.7. The highest BCUT2D eigenvalue weighted by molar-refractivity contribution is 5.95. The van der Waals surface area contributed by atoms with E-state index >= 15 is 0 Å². The van der Waals surface area contributed by atoms with Gasteiger partial charge >= 0.3 is 12.4 Å². The van der Waals surface area contributed by atoms with Crippen molar-refractivity contribution in [3.63, 3.8) is 0 Å². The van der Waals surface area contributed by atoms with E-state index in [1.807, 2.05) is 0 Å². The van der Waals surface area contributed by atoms with Crippen LogP contribution in [0.2, 0.25) is 0 Å². The van der Waals surface area contributed by atoms with Gasteiger partial charge in [-0.3, -0.25) is 14.6 Å². The third-order valence-electron chi connectivity index (χ3n) is 7.72. The van der Waals surface area contributed by atoms with Crippen LogP contribution in [0.3, 0.4) is 0 Å². The smallest absolute Gasteiger partial charge is 0.416 e. The molecule has 1 unspecified atom stereocenters. The Morgan fingerprint density at radius 1 is 0.952 bits per heavy atom. The van der Waals surface area contributed by atoms with Crippen LogP contribution in [0.25, 0.3) is 0 Å². The fourth-order valence-electron chi connectivity index (χ4n) is 5.42. The van der Waals surface area contributed by atoms with Crippen LogP contribution in [0.1, 0.15) is 32.6 Å². The number of piperazine rings is 1. The molecule has 2 saturated heterocycles. The van der Waals surface area contributed by atoms with E-state index in [1.165, 1.54) is 4.90 Å².